The normalized spacial score (nSPS) is 20.8. The fourth-order valence-electron chi connectivity index (χ4n) is 4.04. The molecule has 0 aliphatic carbocycles. The Kier molecular flexibility index (Phi) is 9.19. The number of hydrogen-bond donors (Lipinski definition) is 3. The molecule has 1 aliphatic rings. The Morgan fingerprint density at radius 2 is 2.11 bits per heavy atom. The second-order valence-corrected chi connectivity index (χ2v) is 10.5. The van der Waals surface area contributed by atoms with Crippen LogP contribution in [-0.4, -0.2) is 57.9 Å². The molecule has 4 unspecified atom stereocenters. The molecule has 4 rings (SSSR count). The van der Waals surface area contributed by atoms with Gasteiger partial charge >= 0.3 is 14.5 Å². The molecule has 206 valence electrons. The number of halogens is 1. The lowest BCUT2D eigenvalue weighted by Crippen LogP contribution is -2.33. The minimum absolute atomic E-state index is 0.0967. The topological polar surface area (TPSA) is 165 Å². The van der Waals surface area contributed by atoms with Crippen LogP contribution in [0.15, 0.2) is 30.6 Å². The number of benzene rings is 1. The summed E-state index contributed by atoms with van der Waals surface area (Å²) >= 11 is 5.98. The average molecular weight is 567 g/mol. The Morgan fingerprint density at radius 3 is 2.79 bits per heavy atom. The molecule has 1 aliphatic heterocycles. The molecule has 0 radical (unpaired) electrons. The summed E-state index contributed by atoms with van der Waals surface area (Å²) in [4.78, 5) is 25.1. The molecule has 1 saturated heterocycles. The number of nitrogens with one attached hydrogen (secondary N) is 1. The van der Waals surface area contributed by atoms with Gasteiger partial charge < -0.3 is 24.3 Å². The van der Waals surface area contributed by atoms with Gasteiger partial charge in [-0.15, -0.1) is 0 Å². The van der Waals surface area contributed by atoms with Gasteiger partial charge in [0.25, 0.3) is 0 Å². The summed E-state index contributed by atoms with van der Waals surface area (Å²) in [5, 5.41) is 5.10. The van der Waals surface area contributed by atoms with Gasteiger partial charge in [0, 0.05) is 17.5 Å². The first-order chi connectivity index (χ1) is 18.2. The van der Waals surface area contributed by atoms with Gasteiger partial charge in [0.2, 0.25) is 5.95 Å². The van der Waals surface area contributed by atoms with Gasteiger partial charge in [0.15, 0.2) is 17.0 Å². The summed E-state index contributed by atoms with van der Waals surface area (Å²) in [5.41, 5.74) is 7.04. The quantitative estimate of drug-likeness (QED) is 0.134. The first-order valence-corrected chi connectivity index (χ1v) is 13.6. The van der Waals surface area contributed by atoms with Crippen LogP contribution in [0.4, 0.5) is 11.8 Å². The zero-order valence-corrected chi connectivity index (χ0v) is 23.2. The van der Waals surface area contributed by atoms with Crippen molar-refractivity contribution in [2.75, 3.05) is 31.0 Å². The second kappa shape index (κ2) is 12.4. The van der Waals surface area contributed by atoms with E-state index < -0.39 is 20.5 Å². The number of nitrogen functional groups attached to an aromatic ring is 1. The summed E-state index contributed by atoms with van der Waals surface area (Å²) in [5.74, 6) is 6.85. The predicted octanol–water partition coefficient (Wildman–Crippen LogP) is 3.16. The van der Waals surface area contributed by atoms with E-state index in [1.54, 1.807) is 37.5 Å². The van der Waals surface area contributed by atoms with E-state index in [-0.39, 0.29) is 30.8 Å². The number of fused-ring (bicyclic) bond motifs is 1. The molecule has 1 fully saturated rings. The van der Waals surface area contributed by atoms with Gasteiger partial charge in [-0.05, 0) is 44.5 Å². The molecule has 38 heavy (non-hydrogen) atoms. The summed E-state index contributed by atoms with van der Waals surface area (Å²) < 4.78 is 25.1. The van der Waals surface area contributed by atoms with E-state index in [4.69, 9.17) is 41.7 Å². The average Bonchev–Trinajstić information content (AvgIpc) is 3.49. The molecule has 1 aromatic carbocycles. The van der Waals surface area contributed by atoms with Gasteiger partial charge in [-0.1, -0.05) is 18.5 Å². The van der Waals surface area contributed by atoms with Crippen LogP contribution in [0.5, 0.6) is 5.75 Å². The third kappa shape index (κ3) is 6.42. The van der Waals surface area contributed by atoms with E-state index in [1.165, 1.54) is 12.1 Å². The largest absolute Gasteiger partial charge is 0.468 e. The zero-order chi connectivity index (χ0) is 27.4. The number of carbonyl (C=O) groups excluding carboxylic acids is 1. The molecular formula is C23H32ClN8O5P. The number of methoxy groups -OCH3 is 1. The number of nitrogens with zero attached hydrogens (tertiary/aromatic N) is 5. The first kappa shape index (κ1) is 28.2. The maximum atomic E-state index is 12.0. The molecule has 15 heteroatoms. The van der Waals surface area contributed by atoms with E-state index in [1.807, 2.05) is 11.5 Å². The van der Waals surface area contributed by atoms with Crippen LogP contribution < -0.4 is 26.2 Å². The first-order valence-electron chi connectivity index (χ1n) is 12.1. The number of rotatable bonds is 11. The molecule has 0 spiro atoms. The fourth-order valence-corrected chi connectivity index (χ4v) is 5.38. The lowest BCUT2D eigenvalue weighted by molar-refractivity contribution is -0.142. The van der Waals surface area contributed by atoms with E-state index in [2.05, 4.69) is 27.0 Å². The maximum absolute atomic E-state index is 12.0. The lowest BCUT2D eigenvalue weighted by Gasteiger charge is -2.23. The van der Waals surface area contributed by atoms with Crippen LogP contribution in [-0.2, 0) is 18.8 Å². The minimum atomic E-state index is -1.71. The predicted molar refractivity (Wildman–Crippen MR) is 144 cm³/mol. The molecule has 3 aromatic rings. The highest BCUT2D eigenvalue weighted by Crippen LogP contribution is 2.41. The second-order valence-electron chi connectivity index (χ2n) is 8.85. The number of aromatic nitrogens is 4. The molecule has 0 amide bonds. The van der Waals surface area contributed by atoms with Crippen LogP contribution in [0.3, 0.4) is 0 Å². The monoisotopic (exact) mass is 566 g/mol. The number of hydrogen-bond acceptors (Lipinski definition) is 12. The molecule has 5 N–H and O–H groups in total. The number of nitrogens with two attached hydrogens (primary N) is 2. The van der Waals surface area contributed by atoms with Gasteiger partial charge in [-0.3, -0.25) is 14.4 Å². The number of ether oxygens (including phenoxy) is 2. The van der Waals surface area contributed by atoms with Crippen LogP contribution in [0.25, 0.3) is 11.2 Å². The lowest BCUT2D eigenvalue weighted by atomic mass is 10.1. The molecule has 5 atom stereocenters. The van der Waals surface area contributed by atoms with Gasteiger partial charge in [0.1, 0.15) is 18.0 Å². The summed E-state index contributed by atoms with van der Waals surface area (Å²) in [6, 6.07) is 6.23. The van der Waals surface area contributed by atoms with Gasteiger partial charge in [0.05, 0.1) is 26.1 Å². The van der Waals surface area contributed by atoms with Crippen molar-refractivity contribution in [3.05, 3.63) is 35.6 Å². The third-order valence-corrected chi connectivity index (χ3v) is 7.60. The standard InChI is InChI=1S/C23H32ClN8O5P/c1-5-32(26)20-18-19(28-23(25)29-20)31(12-27-18)21-13(2)10-17(36-21)11-35-38(30-14(3)22(33)34-4)37-16-8-6-15(24)7-9-16/h6-9,12-14,17,21,30H,5,10-11,26H2,1-4H3,(H2,25,28,29)/t13?,14?,17?,21-,38?/m1/s1. The van der Waals surface area contributed by atoms with Crippen molar-refractivity contribution in [3.63, 3.8) is 0 Å². The summed E-state index contributed by atoms with van der Waals surface area (Å²) in [6.45, 7) is 6.40. The zero-order valence-electron chi connectivity index (χ0n) is 21.6. The van der Waals surface area contributed by atoms with Crippen molar-refractivity contribution < 1.29 is 23.3 Å². The van der Waals surface area contributed by atoms with Crippen molar-refractivity contribution >= 4 is 49.0 Å². The third-order valence-electron chi connectivity index (χ3n) is 5.99. The molecule has 0 bridgehead atoms. The molecule has 13 nitrogen and oxygen atoms in total. The number of anilines is 2. The van der Waals surface area contributed by atoms with Crippen LogP contribution in [0.1, 0.15) is 33.4 Å². The summed E-state index contributed by atoms with van der Waals surface area (Å²) in [6.07, 6.45) is 1.77. The molecule has 3 heterocycles. The fraction of sp³-hybridized carbons (Fsp3) is 0.478. The highest BCUT2D eigenvalue weighted by Gasteiger charge is 2.36. The van der Waals surface area contributed by atoms with Gasteiger partial charge in [-0.2, -0.15) is 9.97 Å². The number of carbonyl (C=O) groups is 1. The highest BCUT2D eigenvalue weighted by atomic mass is 35.5. The molecular weight excluding hydrogens is 535 g/mol. The van der Waals surface area contributed by atoms with Crippen LogP contribution in [0, 0.1) is 5.92 Å². The minimum Gasteiger partial charge on any atom is -0.468 e. The Balaban J connectivity index is 1.47. The highest BCUT2D eigenvalue weighted by molar-refractivity contribution is 7.45. The Hall–Kier alpha value is -2.80. The van der Waals surface area contributed by atoms with Crippen molar-refractivity contribution in [1.82, 2.24) is 24.6 Å². The SMILES string of the molecule is CCN(N)c1nc(N)nc2c1ncn2[C@@H]1OC(COP(NC(C)C(=O)OC)Oc2ccc(Cl)cc2)CC1C. The Labute approximate surface area is 226 Å². The molecule has 2 aromatic heterocycles. The van der Waals surface area contributed by atoms with E-state index in [9.17, 15) is 4.79 Å². The Morgan fingerprint density at radius 1 is 1.37 bits per heavy atom. The van der Waals surface area contributed by atoms with E-state index >= 15 is 0 Å². The van der Waals surface area contributed by atoms with Crippen LogP contribution >= 0.6 is 20.1 Å². The number of hydrazine groups is 1. The smallest absolute Gasteiger partial charge is 0.323 e. The Bertz CT molecular complexity index is 1250. The van der Waals surface area contributed by atoms with E-state index in [0.717, 1.165) is 0 Å². The van der Waals surface area contributed by atoms with Crippen LogP contribution in [0.2, 0.25) is 5.02 Å². The molecule has 0 saturated carbocycles. The van der Waals surface area contributed by atoms with Gasteiger partial charge in [-0.25, -0.2) is 15.9 Å². The van der Waals surface area contributed by atoms with Crippen molar-refractivity contribution in [2.24, 2.45) is 11.8 Å². The maximum Gasteiger partial charge on any atom is 0.323 e. The van der Waals surface area contributed by atoms with Crippen molar-refractivity contribution in [1.29, 1.82) is 0 Å². The summed E-state index contributed by atoms with van der Waals surface area (Å²) in [7, 11) is -0.384. The van der Waals surface area contributed by atoms with Crippen molar-refractivity contribution in [2.45, 2.75) is 45.6 Å². The van der Waals surface area contributed by atoms with E-state index in [0.29, 0.717) is 40.7 Å². The van der Waals surface area contributed by atoms with Crippen molar-refractivity contribution in [3.8, 4) is 5.75 Å². The number of imidazole rings is 1. The number of esters is 1.